The van der Waals surface area contributed by atoms with Crippen LogP contribution in [0.4, 0.5) is 0 Å². The summed E-state index contributed by atoms with van der Waals surface area (Å²) in [6.07, 6.45) is 2.18. The fourth-order valence-corrected chi connectivity index (χ4v) is 5.68. The molecule has 0 aliphatic carbocycles. The third-order valence-electron chi connectivity index (χ3n) is 5.84. The van der Waals surface area contributed by atoms with Gasteiger partial charge in [0.1, 0.15) is 12.2 Å². The second kappa shape index (κ2) is 7.77. The second-order valence-electron chi connectivity index (χ2n) is 7.67. The molecule has 6 heteroatoms. The number of rotatable bonds is 3. The molecule has 0 unspecified atom stereocenters. The summed E-state index contributed by atoms with van der Waals surface area (Å²) in [6, 6.07) is 11.9. The van der Waals surface area contributed by atoms with Gasteiger partial charge in [-0.05, 0) is 47.7 Å². The molecule has 1 spiro atoms. The van der Waals surface area contributed by atoms with Crippen LogP contribution in [0.5, 0.6) is 0 Å². The lowest BCUT2D eigenvalue weighted by Gasteiger charge is -2.45. The molecule has 0 amide bonds. The number of fused-ring (bicyclic) bond motifs is 2. The van der Waals surface area contributed by atoms with E-state index < -0.39 is 28.5 Å². The van der Waals surface area contributed by atoms with Crippen molar-refractivity contribution in [2.45, 2.75) is 48.4 Å². The van der Waals surface area contributed by atoms with E-state index in [0.29, 0.717) is 13.0 Å². The summed E-state index contributed by atoms with van der Waals surface area (Å²) in [5.74, 6) is 2.61. The Labute approximate surface area is 174 Å². The van der Waals surface area contributed by atoms with Crippen LogP contribution in [-0.4, -0.2) is 50.6 Å². The summed E-state index contributed by atoms with van der Waals surface area (Å²) in [5.41, 5.74) is 5.87. The van der Waals surface area contributed by atoms with E-state index in [9.17, 15) is 20.4 Å². The molecule has 0 aromatic heterocycles. The van der Waals surface area contributed by atoms with Gasteiger partial charge < -0.3 is 25.2 Å². The van der Waals surface area contributed by atoms with Crippen LogP contribution in [0.2, 0.25) is 0 Å². The van der Waals surface area contributed by atoms with Crippen molar-refractivity contribution in [3.8, 4) is 12.3 Å². The maximum atomic E-state index is 10.8. The van der Waals surface area contributed by atoms with E-state index in [4.69, 9.17) is 11.2 Å². The number of aliphatic hydroxyl groups is 4. The van der Waals surface area contributed by atoms with Crippen LogP contribution >= 0.6 is 11.8 Å². The van der Waals surface area contributed by atoms with Gasteiger partial charge in [-0.2, -0.15) is 0 Å². The van der Waals surface area contributed by atoms with Crippen molar-refractivity contribution in [1.82, 2.24) is 0 Å². The van der Waals surface area contributed by atoms with Gasteiger partial charge in [-0.25, -0.2) is 0 Å². The summed E-state index contributed by atoms with van der Waals surface area (Å²) in [7, 11) is 0. The summed E-state index contributed by atoms with van der Waals surface area (Å²) >= 11 is 1.18. The number of benzene rings is 2. The summed E-state index contributed by atoms with van der Waals surface area (Å²) in [5, 5.41) is 40.4. The number of ether oxygens (including phenoxy) is 1. The Hall–Kier alpha value is -1.85. The van der Waals surface area contributed by atoms with Crippen molar-refractivity contribution in [3.63, 3.8) is 0 Å². The van der Waals surface area contributed by atoms with Gasteiger partial charge in [-0.15, -0.1) is 18.2 Å². The van der Waals surface area contributed by atoms with Gasteiger partial charge in [0.05, 0.1) is 24.6 Å². The maximum absolute atomic E-state index is 10.8. The van der Waals surface area contributed by atoms with Crippen LogP contribution in [0.25, 0.3) is 0 Å². The predicted molar refractivity (Wildman–Crippen MR) is 111 cm³/mol. The fourth-order valence-electron chi connectivity index (χ4n) is 4.13. The molecule has 5 atom stereocenters. The Kier molecular flexibility index (Phi) is 5.47. The van der Waals surface area contributed by atoms with Gasteiger partial charge >= 0.3 is 0 Å². The molecule has 5 nitrogen and oxygen atoms in total. The molecular weight excluding hydrogens is 388 g/mol. The first-order valence-corrected chi connectivity index (χ1v) is 10.4. The zero-order chi connectivity index (χ0) is 20.8. The molecule has 2 heterocycles. The molecule has 2 aromatic rings. The normalized spacial score (nSPS) is 30.9. The van der Waals surface area contributed by atoms with Crippen LogP contribution in [0.15, 0.2) is 36.4 Å². The standard InChI is InChI=1S/C23H24O5S/c1-3-14-4-6-15(7-5-14)9-16-10-18-17(8-13(16)2)12-28-23(18)22(27)21(26)20(25)19(11-24)29-23/h1,4-8,10,19-22,24-27H,9,11-12H2,2H3/t19-,20-,21+,22-,23+/m1/s1. The lowest BCUT2D eigenvalue weighted by Crippen LogP contribution is -2.58. The van der Waals surface area contributed by atoms with Gasteiger partial charge in [-0.1, -0.05) is 30.2 Å². The molecule has 152 valence electrons. The highest BCUT2D eigenvalue weighted by Gasteiger charge is 2.57. The number of hydrogen-bond donors (Lipinski definition) is 4. The quantitative estimate of drug-likeness (QED) is 0.571. The Bertz CT molecular complexity index is 949. The first kappa shape index (κ1) is 20.4. The maximum Gasteiger partial charge on any atom is 0.168 e. The summed E-state index contributed by atoms with van der Waals surface area (Å²) in [6.45, 7) is 2.02. The van der Waals surface area contributed by atoms with E-state index in [1.54, 1.807) is 0 Å². The van der Waals surface area contributed by atoms with Crippen molar-refractivity contribution in [1.29, 1.82) is 0 Å². The average molecular weight is 413 g/mol. The summed E-state index contributed by atoms with van der Waals surface area (Å²) in [4.78, 5) is -1.21. The van der Waals surface area contributed by atoms with Crippen LogP contribution in [0.3, 0.4) is 0 Å². The number of aliphatic hydroxyl groups excluding tert-OH is 4. The Morgan fingerprint density at radius 3 is 2.55 bits per heavy atom. The molecule has 0 bridgehead atoms. The van der Waals surface area contributed by atoms with E-state index in [1.807, 2.05) is 43.3 Å². The van der Waals surface area contributed by atoms with Crippen molar-refractivity contribution in [2.24, 2.45) is 0 Å². The summed E-state index contributed by atoms with van der Waals surface area (Å²) < 4.78 is 6.01. The molecular formula is C23H24O5S. The molecule has 2 aliphatic rings. The zero-order valence-corrected chi connectivity index (χ0v) is 16.9. The predicted octanol–water partition coefficient (Wildman–Crippen LogP) is 1.44. The molecule has 4 N–H and O–H groups in total. The first-order chi connectivity index (χ1) is 13.9. The molecule has 2 aromatic carbocycles. The SMILES string of the molecule is C#Cc1ccc(Cc2cc3c(cc2C)CO[C@]32S[C@H](CO)[C@@H](O)[C@H](O)[C@H]2O)cc1. The van der Waals surface area contributed by atoms with Crippen LogP contribution in [0, 0.1) is 19.3 Å². The van der Waals surface area contributed by atoms with Crippen molar-refractivity contribution in [2.75, 3.05) is 6.61 Å². The molecule has 29 heavy (non-hydrogen) atoms. The van der Waals surface area contributed by atoms with Gasteiger partial charge in [0.2, 0.25) is 0 Å². The largest absolute Gasteiger partial charge is 0.395 e. The number of hydrogen-bond acceptors (Lipinski definition) is 6. The molecule has 1 saturated heterocycles. The molecule has 1 fully saturated rings. The minimum absolute atomic E-state index is 0.304. The van der Waals surface area contributed by atoms with Crippen LogP contribution in [0.1, 0.15) is 33.4 Å². The Balaban J connectivity index is 1.72. The number of aryl methyl sites for hydroxylation is 1. The highest BCUT2D eigenvalue weighted by atomic mass is 32.2. The number of terminal acetylenes is 1. The first-order valence-electron chi connectivity index (χ1n) is 9.55. The van der Waals surface area contributed by atoms with E-state index in [1.165, 1.54) is 11.8 Å². The van der Waals surface area contributed by atoms with E-state index in [-0.39, 0.29) is 6.61 Å². The minimum atomic E-state index is -1.40. The lowest BCUT2D eigenvalue weighted by molar-refractivity contribution is -0.147. The second-order valence-corrected chi connectivity index (χ2v) is 9.12. The van der Waals surface area contributed by atoms with Gasteiger partial charge in [0.25, 0.3) is 0 Å². The molecule has 2 aliphatic heterocycles. The monoisotopic (exact) mass is 412 g/mol. The number of thioether (sulfide) groups is 1. The van der Waals surface area contributed by atoms with Crippen LogP contribution < -0.4 is 0 Å². The van der Waals surface area contributed by atoms with Gasteiger partial charge in [-0.3, -0.25) is 0 Å². The Morgan fingerprint density at radius 1 is 1.17 bits per heavy atom. The minimum Gasteiger partial charge on any atom is -0.395 e. The fraction of sp³-hybridized carbons (Fsp3) is 0.391. The third kappa shape index (κ3) is 3.38. The lowest BCUT2D eigenvalue weighted by atomic mass is 9.89. The highest BCUT2D eigenvalue weighted by molar-refractivity contribution is 8.00. The van der Waals surface area contributed by atoms with Gasteiger partial charge in [0, 0.05) is 11.1 Å². The van der Waals surface area contributed by atoms with E-state index in [0.717, 1.165) is 33.4 Å². The average Bonchev–Trinajstić information content (AvgIpc) is 3.08. The Morgan fingerprint density at radius 2 is 1.90 bits per heavy atom. The van der Waals surface area contributed by atoms with E-state index >= 15 is 0 Å². The van der Waals surface area contributed by atoms with Crippen molar-refractivity contribution in [3.05, 3.63) is 69.8 Å². The molecule has 4 rings (SSSR count). The topological polar surface area (TPSA) is 90.2 Å². The zero-order valence-electron chi connectivity index (χ0n) is 16.1. The third-order valence-corrected chi connectivity index (χ3v) is 7.50. The molecule has 0 saturated carbocycles. The van der Waals surface area contributed by atoms with Crippen molar-refractivity contribution >= 4 is 11.8 Å². The molecule has 0 radical (unpaired) electrons. The van der Waals surface area contributed by atoms with E-state index in [2.05, 4.69) is 5.92 Å². The smallest absolute Gasteiger partial charge is 0.168 e. The van der Waals surface area contributed by atoms with Gasteiger partial charge in [0.15, 0.2) is 4.93 Å². The van der Waals surface area contributed by atoms with Crippen LogP contribution in [-0.2, 0) is 22.7 Å². The highest BCUT2D eigenvalue weighted by Crippen LogP contribution is 2.54. The van der Waals surface area contributed by atoms with Crippen molar-refractivity contribution < 1.29 is 25.2 Å².